The van der Waals surface area contributed by atoms with Crippen molar-refractivity contribution in [2.45, 2.75) is 19.4 Å². The first-order valence-electron chi connectivity index (χ1n) is 8.40. The fraction of sp³-hybridized carbons (Fsp3) is 0.143. The molecule has 4 nitrogen and oxygen atoms in total. The molecule has 124 valence electrons. The van der Waals surface area contributed by atoms with Crippen molar-refractivity contribution in [2.75, 3.05) is 0 Å². The fourth-order valence-corrected chi connectivity index (χ4v) is 3.23. The minimum Gasteiger partial charge on any atom is -0.348 e. The number of hydrogen-bond acceptors (Lipinski definition) is 2. The smallest absolute Gasteiger partial charge is 0.248 e. The molecule has 0 saturated carbocycles. The monoisotopic (exact) mass is 329 g/mol. The molecule has 0 saturated heterocycles. The van der Waals surface area contributed by atoms with Gasteiger partial charge in [-0.3, -0.25) is 4.79 Å². The highest BCUT2D eigenvalue weighted by molar-refractivity contribution is 6.01. The summed E-state index contributed by atoms with van der Waals surface area (Å²) in [6.45, 7) is 2.59. The summed E-state index contributed by atoms with van der Waals surface area (Å²) >= 11 is 0. The SMILES string of the molecule is C[C@H]1C(C(=O)NCc2ccc(-n3cccn3)cc2)=Cc2ccccc21. The molecule has 3 aromatic rings. The molecule has 0 bridgehead atoms. The van der Waals surface area contributed by atoms with Crippen LogP contribution < -0.4 is 5.32 Å². The van der Waals surface area contributed by atoms with E-state index in [9.17, 15) is 4.79 Å². The number of fused-ring (bicyclic) bond motifs is 1. The Morgan fingerprint density at radius 3 is 2.64 bits per heavy atom. The molecule has 4 heteroatoms. The summed E-state index contributed by atoms with van der Waals surface area (Å²) in [7, 11) is 0. The van der Waals surface area contributed by atoms with Crippen molar-refractivity contribution >= 4 is 12.0 Å². The maximum Gasteiger partial charge on any atom is 0.248 e. The minimum absolute atomic E-state index is 0.000136. The van der Waals surface area contributed by atoms with Crippen LogP contribution in [0.15, 0.2) is 72.6 Å². The van der Waals surface area contributed by atoms with Gasteiger partial charge >= 0.3 is 0 Å². The van der Waals surface area contributed by atoms with Gasteiger partial charge in [0.05, 0.1) is 5.69 Å². The first-order chi connectivity index (χ1) is 12.2. The summed E-state index contributed by atoms with van der Waals surface area (Å²) in [6.07, 6.45) is 5.65. The van der Waals surface area contributed by atoms with E-state index in [2.05, 4.69) is 29.5 Å². The van der Waals surface area contributed by atoms with Gasteiger partial charge in [-0.15, -0.1) is 0 Å². The van der Waals surface area contributed by atoms with E-state index >= 15 is 0 Å². The van der Waals surface area contributed by atoms with Gasteiger partial charge in [0.25, 0.3) is 0 Å². The molecule has 0 aliphatic heterocycles. The second-order valence-corrected chi connectivity index (χ2v) is 6.25. The molecule has 25 heavy (non-hydrogen) atoms. The zero-order valence-electron chi connectivity index (χ0n) is 14.0. The molecule has 1 aliphatic carbocycles. The molecule has 0 spiro atoms. The summed E-state index contributed by atoms with van der Waals surface area (Å²) in [6, 6.07) is 18.1. The van der Waals surface area contributed by atoms with Crippen LogP contribution in [0.3, 0.4) is 0 Å². The van der Waals surface area contributed by atoms with Crippen LogP contribution in [0.2, 0.25) is 0 Å². The van der Waals surface area contributed by atoms with Crippen LogP contribution >= 0.6 is 0 Å². The summed E-state index contributed by atoms with van der Waals surface area (Å²) < 4.78 is 1.81. The molecule has 0 radical (unpaired) electrons. The molecule has 0 unspecified atom stereocenters. The Labute approximate surface area is 146 Å². The summed E-state index contributed by atoms with van der Waals surface area (Å²) in [4.78, 5) is 12.6. The van der Waals surface area contributed by atoms with E-state index in [0.717, 1.165) is 22.4 Å². The zero-order chi connectivity index (χ0) is 17.2. The second kappa shape index (κ2) is 6.40. The van der Waals surface area contributed by atoms with E-state index < -0.39 is 0 Å². The largest absolute Gasteiger partial charge is 0.348 e. The molecular weight excluding hydrogens is 310 g/mol. The average Bonchev–Trinajstić information content (AvgIpc) is 3.29. The van der Waals surface area contributed by atoms with E-state index in [0.29, 0.717) is 6.54 Å². The third-order valence-electron chi connectivity index (χ3n) is 4.66. The highest BCUT2D eigenvalue weighted by Gasteiger charge is 2.25. The van der Waals surface area contributed by atoms with Crippen molar-refractivity contribution in [3.63, 3.8) is 0 Å². The van der Waals surface area contributed by atoms with Gasteiger partial charge in [-0.25, -0.2) is 4.68 Å². The number of carbonyl (C=O) groups is 1. The van der Waals surface area contributed by atoms with E-state index in [1.807, 2.05) is 59.4 Å². The molecule has 4 rings (SSSR count). The summed E-state index contributed by atoms with van der Waals surface area (Å²) in [5, 5.41) is 7.24. The van der Waals surface area contributed by atoms with Gasteiger partial charge < -0.3 is 5.32 Å². The van der Waals surface area contributed by atoms with E-state index in [1.54, 1.807) is 6.20 Å². The zero-order valence-corrected chi connectivity index (χ0v) is 14.0. The van der Waals surface area contributed by atoms with E-state index in [4.69, 9.17) is 0 Å². The number of rotatable bonds is 4. The Balaban J connectivity index is 1.41. The number of amides is 1. The highest BCUT2D eigenvalue weighted by Crippen LogP contribution is 2.35. The molecule has 1 heterocycles. The third kappa shape index (κ3) is 2.98. The van der Waals surface area contributed by atoms with E-state index in [1.165, 1.54) is 5.56 Å². The van der Waals surface area contributed by atoms with Crippen molar-refractivity contribution in [3.8, 4) is 5.69 Å². The molecule has 1 aromatic heterocycles. The van der Waals surface area contributed by atoms with Gasteiger partial charge in [0.2, 0.25) is 5.91 Å². The van der Waals surface area contributed by atoms with Gasteiger partial charge in [0, 0.05) is 30.4 Å². The minimum atomic E-state index is -0.000136. The number of hydrogen-bond donors (Lipinski definition) is 1. The molecular formula is C21H19N3O. The maximum absolute atomic E-state index is 12.6. The summed E-state index contributed by atoms with van der Waals surface area (Å²) in [5.74, 6) is 0.137. The normalized spacial score (nSPS) is 15.6. The van der Waals surface area contributed by atoms with Gasteiger partial charge in [-0.1, -0.05) is 43.3 Å². The lowest BCUT2D eigenvalue weighted by molar-refractivity contribution is -0.117. The van der Waals surface area contributed by atoms with Crippen LogP contribution in [0, 0.1) is 0 Å². The van der Waals surface area contributed by atoms with Crippen molar-refractivity contribution in [2.24, 2.45) is 0 Å². The molecule has 1 atom stereocenters. The van der Waals surface area contributed by atoms with Crippen molar-refractivity contribution in [1.29, 1.82) is 0 Å². The Bertz CT molecular complexity index is 924. The van der Waals surface area contributed by atoms with E-state index in [-0.39, 0.29) is 11.8 Å². The topological polar surface area (TPSA) is 46.9 Å². The van der Waals surface area contributed by atoms with Crippen molar-refractivity contribution in [1.82, 2.24) is 15.1 Å². The van der Waals surface area contributed by atoms with Crippen LogP contribution in [0.25, 0.3) is 11.8 Å². The van der Waals surface area contributed by atoms with Gasteiger partial charge in [0.1, 0.15) is 0 Å². The van der Waals surface area contributed by atoms with Crippen LogP contribution in [0.5, 0.6) is 0 Å². The molecule has 0 fully saturated rings. The predicted octanol–water partition coefficient (Wildman–Crippen LogP) is 3.69. The Hall–Kier alpha value is -3.14. The Kier molecular flexibility index (Phi) is 3.94. The van der Waals surface area contributed by atoms with Gasteiger partial charge in [0.15, 0.2) is 0 Å². The van der Waals surface area contributed by atoms with Crippen LogP contribution in [0.1, 0.15) is 29.5 Å². The average molecular weight is 329 g/mol. The number of aromatic nitrogens is 2. The van der Waals surface area contributed by atoms with Crippen LogP contribution in [-0.4, -0.2) is 15.7 Å². The standard InChI is InChI=1S/C21H19N3O/c1-15-19-6-3-2-5-17(19)13-20(15)21(25)22-14-16-7-9-18(10-8-16)24-12-4-11-23-24/h2-13,15H,14H2,1H3,(H,22,25)/t15-/m1/s1. The number of nitrogens with zero attached hydrogens (tertiary/aromatic N) is 2. The Morgan fingerprint density at radius 2 is 1.92 bits per heavy atom. The Morgan fingerprint density at radius 1 is 1.12 bits per heavy atom. The fourth-order valence-electron chi connectivity index (χ4n) is 3.23. The lowest BCUT2D eigenvalue weighted by Gasteiger charge is -2.12. The van der Waals surface area contributed by atoms with Crippen LogP contribution in [-0.2, 0) is 11.3 Å². The van der Waals surface area contributed by atoms with Crippen molar-refractivity contribution in [3.05, 3.63) is 89.3 Å². The highest BCUT2D eigenvalue weighted by atomic mass is 16.1. The molecule has 1 amide bonds. The number of carbonyl (C=O) groups excluding carboxylic acids is 1. The quantitative estimate of drug-likeness (QED) is 0.793. The lowest BCUT2D eigenvalue weighted by atomic mass is 9.97. The lowest BCUT2D eigenvalue weighted by Crippen LogP contribution is -2.25. The third-order valence-corrected chi connectivity index (χ3v) is 4.66. The first-order valence-corrected chi connectivity index (χ1v) is 8.40. The predicted molar refractivity (Wildman–Crippen MR) is 98.2 cm³/mol. The molecule has 2 aromatic carbocycles. The second-order valence-electron chi connectivity index (χ2n) is 6.25. The number of benzene rings is 2. The van der Waals surface area contributed by atoms with Crippen molar-refractivity contribution < 1.29 is 4.79 Å². The molecule has 1 aliphatic rings. The van der Waals surface area contributed by atoms with Crippen LogP contribution in [0.4, 0.5) is 0 Å². The van der Waals surface area contributed by atoms with Gasteiger partial charge in [-0.05, 0) is 41.0 Å². The number of nitrogens with one attached hydrogen (secondary N) is 1. The first kappa shape index (κ1) is 15.4. The molecule has 1 N–H and O–H groups in total. The van der Waals surface area contributed by atoms with Gasteiger partial charge in [-0.2, -0.15) is 5.10 Å². The summed E-state index contributed by atoms with van der Waals surface area (Å²) in [5.41, 5.74) is 5.25. The maximum atomic E-state index is 12.6.